The SMILES string of the molecule is C=C[C@]1(O[C@@H]2[C@H]3OC(C)(C)O[C@H]3O[C@@H]2COC(=O)OC)O[C@H](COCc2ccccc2)[C@@H](OCc2ccccc2)[C@H](OCc2ccccc2)[C@H]1OCc1ccccc1. The first-order valence-corrected chi connectivity index (χ1v) is 19.5. The van der Waals surface area contributed by atoms with E-state index in [1.165, 1.54) is 7.11 Å². The highest BCUT2D eigenvalue weighted by molar-refractivity contribution is 5.59. The number of hydrogen-bond acceptors (Lipinski definition) is 12. The van der Waals surface area contributed by atoms with Gasteiger partial charge in [0.15, 0.2) is 12.1 Å². The zero-order valence-corrected chi connectivity index (χ0v) is 33.1. The Morgan fingerprint density at radius 2 is 1.16 bits per heavy atom. The van der Waals surface area contributed by atoms with Gasteiger partial charge in [0.2, 0.25) is 5.79 Å². The van der Waals surface area contributed by atoms with Crippen molar-refractivity contribution >= 4 is 6.16 Å². The standard InChI is InChI=1S/C46H52O12/c1-5-46(57-39-36(31-53-44(47)48-4)54-43-41(39)56-45(2,3)58-43)42(52-29-35-24-16-9-17-25-35)40(51-28-34-22-14-8-15-23-34)38(50-27-33-20-12-7-13-21-33)37(55-46)30-49-26-32-18-10-6-11-19-32/h5-25,36-43H,1,26-31H2,2-4H3/t36-,37-,38-,39+,40+,41-,42-,43-,46-/m1/s1. The predicted molar refractivity (Wildman–Crippen MR) is 211 cm³/mol. The zero-order valence-electron chi connectivity index (χ0n) is 33.1. The number of hydrogen-bond donors (Lipinski definition) is 0. The van der Waals surface area contributed by atoms with Crippen LogP contribution >= 0.6 is 0 Å². The number of rotatable bonds is 18. The van der Waals surface area contributed by atoms with Crippen molar-refractivity contribution in [3.8, 4) is 0 Å². The molecule has 0 unspecified atom stereocenters. The van der Waals surface area contributed by atoms with Crippen LogP contribution in [0.3, 0.4) is 0 Å². The van der Waals surface area contributed by atoms with Gasteiger partial charge in [-0.3, -0.25) is 0 Å². The van der Waals surface area contributed by atoms with Crippen molar-refractivity contribution in [2.45, 2.75) is 101 Å². The van der Waals surface area contributed by atoms with Crippen LogP contribution in [0.4, 0.5) is 4.79 Å². The van der Waals surface area contributed by atoms with Crippen molar-refractivity contribution in [3.63, 3.8) is 0 Å². The number of benzene rings is 4. The van der Waals surface area contributed by atoms with Gasteiger partial charge in [-0.1, -0.05) is 128 Å². The Labute approximate surface area is 339 Å². The predicted octanol–water partition coefficient (Wildman–Crippen LogP) is 7.29. The molecule has 0 bridgehead atoms. The summed E-state index contributed by atoms with van der Waals surface area (Å²) in [5, 5.41) is 0. The second-order valence-electron chi connectivity index (χ2n) is 14.8. The van der Waals surface area contributed by atoms with Crippen molar-refractivity contribution in [3.05, 3.63) is 156 Å². The van der Waals surface area contributed by atoms with E-state index in [4.69, 9.17) is 52.1 Å². The summed E-state index contributed by atoms with van der Waals surface area (Å²) in [6, 6.07) is 39.5. The molecule has 308 valence electrons. The van der Waals surface area contributed by atoms with E-state index < -0.39 is 66.7 Å². The number of fused-ring (bicyclic) bond motifs is 1. The lowest BCUT2D eigenvalue weighted by Gasteiger charge is -2.52. The zero-order chi connectivity index (χ0) is 40.4. The molecular formula is C46H52O12. The van der Waals surface area contributed by atoms with Gasteiger partial charge in [-0.05, 0) is 42.2 Å². The Morgan fingerprint density at radius 1 is 0.638 bits per heavy atom. The summed E-state index contributed by atoms with van der Waals surface area (Å²) in [6.07, 6.45) is -5.97. The van der Waals surface area contributed by atoms with Crippen molar-refractivity contribution in [2.24, 2.45) is 0 Å². The number of carbonyl (C=O) groups excluding carboxylic acids is 1. The van der Waals surface area contributed by atoms with E-state index in [-0.39, 0.29) is 33.0 Å². The maximum atomic E-state index is 12.2. The van der Waals surface area contributed by atoms with Gasteiger partial charge >= 0.3 is 6.16 Å². The first kappa shape index (κ1) is 41.7. The summed E-state index contributed by atoms with van der Waals surface area (Å²) < 4.78 is 70.3. The van der Waals surface area contributed by atoms with E-state index in [1.807, 2.05) is 121 Å². The van der Waals surface area contributed by atoms with Crippen LogP contribution in [0.2, 0.25) is 0 Å². The summed E-state index contributed by atoms with van der Waals surface area (Å²) in [4.78, 5) is 12.2. The second kappa shape index (κ2) is 19.5. The minimum Gasteiger partial charge on any atom is -0.438 e. The molecule has 3 aliphatic rings. The lowest BCUT2D eigenvalue weighted by Crippen LogP contribution is -2.68. The molecule has 0 aromatic heterocycles. The normalized spacial score (nSPS) is 28.7. The molecule has 4 aromatic carbocycles. The van der Waals surface area contributed by atoms with Crippen LogP contribution in [0.25, 0.3) is 0 Å². The Hall–Kier alpha value is -4.47. The highest BCUT2D eigenvalue weighted by atomic mass is 16.9. The van der Waals surface area contributed by atoms with Crippen molar-refractivity contribution in [1.29, 1.82) is 0 Å². The summed E-state index contributed by atoms with van der Waals surface area (Å²) in [6.45, 7) is 8.72. The average molecular weight is 797 g/mol. The summed E-state index contributed by atoms with van der Waals surface area (Å²) in [5.41, 5.74) is 3.83. The molecule has 4 aromatic rings. The maximum absolute atomic E-state index is 12.2. The van der Waals surface area contributed by atoms with E-state index in [0.29, 0.717) is 6.61 Å². The molecule has 12 heteroatoms. The van der Waals surface area contributed by atoms with Gasteiger partial charge in [0, 0.05) is 0 Å². The fourth-order valence-corrected chi connectivity index (χ4v) is 7.42. The minimum atomic E-state index is -1.73. The summed E-state index contributed by atoms with van der Waals surface area (Å²) in [7, 11) is 1.23. The molecule has 3 aliphatic heterocycles. The molecular weight excluding hydrogens is 744 g/mol. The molecule has 0 spiro atoms. The van der Waals surface area contributed by atoms with Gasteiger partial charge in [-0.25, -0.2) is 4.79 Å². The quantitative estimate of drug-likeness (QED) is 0.0744. The van der Waals surface area contributed by atoms with Crippen LogP contribution in [0.5, 0.6) is 0 Å². The molecule has 3 heterocycles. The first-order chi connectivity index (χ1) is 28.3. The van der Waals surface area contributed by atoms with Gasteiger partial charge < -0.3 is 52.1 Å². The van der Waals surface area contributed by atoms with Crippen molar-refractivity contribution in [1.82, 2.24) is 0 Å². The van der Waals surface area contributed by atoms with Crippen LogP contribution in [-0.2, 0) is 78.5 Å². The lowest BCUT2D eigenvalue weighted by molar-refractivity contribution is -0.379. The van der Waals surface area contributed by atoms with Gasteiger partial charge in [0.1, 0.15) is 49.3 Å². The minimum absolute atomic E-state index is 0.0959. The summed E-state index contributed by atoms with van der Waals surface area (Å²) >= 11 is 0. The van der Waals surface area contributed by atoms with Gasteiger partial charge in [-0.15, -0.1) is 0 Å². The topological polar surface area (TPSA) is 119 Å². The highest BCUT2D eigenvalue weighted by Gasteiger charge is 2.62. The molecule has 12 nitrogen and oxygen atoms in total. The Bertz CT molecular complexity index is 1860. The van der Waals surface area contributed by atoms with Crippen molar-refractivity contribution in [2.75, 3.05) is 20.3 Å². The smallest absolute Gasteiger partial charge is 0.438 e. The van der Waals surface area contributed by atoms with Crippen LogP contribution < -0.4 is 0 Å². The summed E-state index contributed by atoms with van der Waals surface area (Å²) in [5.74, 6) is -2.72. The van der Waals surface area contributed by atoms with Crippen LogP contribution in [0, 0.1) is 0 Å². The lowest BCUT2D eigenvalue weighted by atomic mass is 9.90. The van der Waals surface area contributed by atoms with Crippen molar-refractivity contribution < 1.29 is 56.9 Å². The van der Waals surface area contributed by atoms with Gasteiger partial charge in [0.25, 0.3) is 0 Å². The number of carbonyl (C=O) groups is 1. The molecule has 0 radical (unpaired) electrons. The average Bonchev–Trinajstić information content (AvgIpc) is 3.72. The van der Waals surface area contributed by atoms with Gasteiger partial charge in [-0.2, -0.15) is 0 Å². The second-order valence-corrected chi connectivity index (χ2v) is 14.8. The highest BCUT2D eigenvalue weighted by Crippen LogP contribution is 2.45. The van der Waals surface area contributed by atoms with E-state index in [9.17, 15) is 4.79 Å². The maximum Gasteiger partial charge on any atom is 0.508 e. The third-order valence-electron chi connectivity index (χ3n) is 10.2. The Kier molecular flexibility index (Phi) is 14.0. The fourth-order valence-electron chi connectivity index (χ4n) is 7.42. The van der Waals surface area contributed by atoms with E-state index in [2.05, 4.69) is 6.58 Å². The van der Waals surface area contributed by atoms with Gasteiger partial charge in [0.05, 0.1) is 40.1 Å². The molecule has 0 amide bonds. The largest absolute Gasteiger partial charge is 0.508 e. The first-order valence-electron chi connectivity index (χ1n) is 19.5. The fraction of sp³-hybridized carbons (Fsp3) is 0.413. The number of methoxy groups -OCH3 is 1. The Morgan fingerprint density at radius 3 is 1.69 bits per heavy atom. The molecule has 3 fully saturated rings. The molecule has 0 N–H and O–H groups in total. The van der Waals surface area contributed by atoms with E-state index in [0.717, 1.165) is 22.3 Å². The third kappa shape index (κ3) is 10.4. The molecule has 0 aliphatic carbocycles. The number of ether oxygens (including phenoxy) is 11. The van der Waals surface area contributed by atoms with Crippen LogP contribution in [0.15, 0.2) is 134 Å². The Balaban J connectivity index is 1.28. The van der Waals surface area contributed by atoms with Crippen LogP contribution in [0.1, 0.15) is 36.1 Å². The van der Waals surface area contributed by atoms with E-state index >= 15 is 0 Å². The molecule has 3 saturated heterocycles. The van der Waals surface area contributed by atoms with Crippen LogP contribution in [-0.4, -0.2) is 87.1 Å². The molecule has 58 heavy (non-hydrogen) atoms. The monoisotopic (exact) mass is 796 g/mol. The third-order valence-corrected chi connectivity index (χ3v) is 10.2. The van der Waals surface area contributed by atoms with E-state index in [1.54, 1.807) is 19.9 Å². The molecule has 9 atom stereocenters. The molecule has 7 rings (SSSR count). The molecule has 0 saturated carbocycles.